The lowest BCUT2D eigenvalue weighted by molar-refractivity contribution is 0.152. The molecule has 0 aromatic carbocycles. The lowest BCUT2D eigenvalue weighted by Crippen LogP contribution is -2.27. The van der Waals surface area contributed by atoms with Gasteiger partial charge in [-0.15, -0.1) is 0 Å². The maximum atomic E-state index is 5.44. The average Bonchev–Trinajstić information content (AvgIpc) is 2.69. The molecule has 2 heterocycles. The fourth-order valence-electron chi connectivity index (χ4n) is 1.97. The lowest BCUT2D eigenvalue weighted by atomic mass is 10.4. The summed E-state index contributed by atoms with van der Waals surface area (Å²) in [6.07, 6.45) is 5.93. The summed E-state index contributed by atoms with van der Waals surface area (Å²) in [4.78, 5) is 11.2. The van der Waals surface area contributed by atoms with E-state index in [2.05, 4.69) is 27.1 Å². The molecule has 5 heteroatoms. The van der Waals surface area contributed by atoms with Crippen LogP contribution in [0.25, 0.3) is 0 Å². The zero-order valence-electron chi connectivity index (χ0n) is 11.1. The van der Waals surface area contributed by atoms with E-state index in [0.717, 1.165) is 63.7 Å². The fourth-order valence-corrected chi connectivity index (χ4v) is 1.97. The van der Waals surface area contributed by atoms with Gasteiger partial charge < -0.3 is 15.0 Å². The molecule has 1 aromatic heterocycles. The minimum Gasteiger partial charge on any atom is -0.380 e. The van der Waals surface area contributed by atoms with Gasteiger partial charge in [-0.25, -0.2) is 4.98 Å². The van der Waals surface area contributed by atoms with E-state index >= 15 is 0 Å². The second-order valence-corrected chi connectivity index (χ2v) is 4.50. The summed E-state index contributed by atoms with van der Waals surface area (Å²) >= 11 is 0. The summed E-state index contributed by atoms with van der Waals surface area (Å²) in [5.41, 5.74) is 0.998. The van der Waals surface area contributed by atoms with Crippen molar-refractivity contribution >= 4 is 5.82 Å². The third-order valence-corrected chi connectivity index (χ3v) is 2.97. The molecule has 2 rings (SSSR count). The molecular formula is C13H22N4O. The zero-order valence-corrected chi connectivity index (χ0v) is 11.1. The van der Waals surface area contributed by atoms with Crippen molar-refractivity contribution in [1.82, 2.24) is 15.3 Å². The molecular weight excluding hydrogens is 228 g/mol. The van der Waals surface area contributed by atoms with Crippen molar-refractivity contribution in [3.63, 3.8) is 0 Å². The number of hydrogen-bond acceptors (Lipinski definition) is 5. The van der Waals surface area contributed by atoms with Crippen LogP contribution in [0.5, 0.6) is 0 Å². The third-order valence-electron chi connectivity index (χ3n) is 2.97. The highest BCUT2D eigenvalue weighted by Gasteiger charge is 2.11. The molecule has 0 saturated carbocycles. The maximum Gasteiger partial charge on any atom is 0.147 e. The zero-order chi connectivity index (χ0) is 12.6. The molecule has 100 valence electrons. The van der Waals surface area contributed by atoms with Crippen LogP contribution in [0.15, 0.2) is 12.4 Å². The highest BCUT2D eigenvalue weighted by atomic mass is 16.5. The molecule has 0 bridgehead atoms. The van der Waals surface area contributed by atoms with Crippen molar-refractivity contribution in [1.29, 1.82) is 0 Å². The van der Waals surface area contributed by atoms with Gasteiger partial charge in [-0.3, -0.25) is 4.98 Å². The van der Waals surface area contributed by atoms with Gasteiger partial charge in [0.1, 0.15) is 5.82 Å². The summed E-state index contributed by atoms with van der Waals surface area (Å²) < 4.78 is 5.44. The van der Waals surface area contributed by atoms with Crippen LogP contribution in [-0.4, -0.2) is 42.8 Å². The second-order valence-electron chi connectivity index (χ2n) is 4.50. The van der Waals surface area contributed by atoms with Crippen LogP contribution in [0.1, 0.15) is 25.5 Å². The molecule has 1 aliphatic rings. The van der Waals surface area contributed by atoms with E-state index in [1.807, 2.05) is 12.4 Å². The van der Waals surface area contributed by atoms with Gasteiger partial charge in [0.05, 0.1) is 24.7 Å². The second kappa shape index (κ2) is 7.28. The first kappa shape index (κ1) is 13.2. The van der Waals surface area contributed by atoms with Crippen molar-refractivity contribution in [2.75, 3.05) is 37.7 Å². The highest BCUT2D eigenvalue weighted by molar-refractivity contribution is 5.35. The Morgan fingerprint density at radius 2 is 2.22 bits per heavy atom. The van der Waals surface area contributed by atoms with Gasteiger partial charge in [0, 0.05) is 26.2 Å². The maximum absolute atomic E-state index is 5.44. The van der Waals surface area contributed by atoms with Crippen LogP contribution >= 0.6 is 0 Å². The number of hydrogen-bond donors (Lipinski definition) is 1. The van der Waals surface area contributed by atoms with Gasteiger partial charge in [0.2, 0.25) is 0 Å². The van der Waals surface area contributed by atoms with Crippen LogP contribution in [0.2, 0.25) is 0 Å². The smallest absolute Gasteiger partial charge is 0.147 e. The van der Waals surface area contributed by atoms with E-state index in [1.54, 1.807) is 0 Å². The molecule has 18 heavy (non-hydrogen) atoms. The first-order valence-electron chi connectivity index (χ1n) is 6.74. The Morgan fingerprint density at radius 3 is 3.00 bits per heavy atom. The molecule has 0 radical (unpaired) electrons. The van der Waals surface area contributed by atoms with Gasteiger partial charge in [-0.2, -0.15) is 0 Å². The first-order chi connectivity index (χ1) is 8.90. The largest absolute Gasteiger partial charge is 0.380 e. The molecule has 0 aliphatic carbocycles. The Hall–Kier alpha value is -1.20. The van der Waals surface area contributed by atoms with Crippen LogP contribution in [0.4, 0.5) is 5.82 Å². The van der Waals surface area contributed by atoms with Crippen molar-refractivity contribution in [2.24, 2.45) is 0 Å². The Labute approximate surface area is 109 Å². The lowest BCUT2D eigenvalue weighted by Gasteiger charge is -2.20. The molecule has 0 amide bonds. The molecule has 0 spiro atoms. The molecule has 5 nitrogen and oxygen atoms in total. The first-order valence-corrected chi connectivity index (χ1v) is 6.74. The van der Waals surface area contributed by atoms with E-state index < -0.39 is 0 Å². The van der Waals surface area contributed by atoms with Crippen LogP contribution < -0.4 is 10.2 Å². The Morgan fingerprint density at radius 1 is 1.28 bits per heavy atom. The minimum absolute atomic E-state index is 0.779. The number of rotatable bonds is 5. The predicted octanol–water partition coefficient (Wildman–Crippen LogP) is 1.20. The third kappa shape index (κ3) is 3.92. The summed E-state index contributed by atoms with van der Waals surface area (Å²) in [7, 11) is 0. The van der Waals surface area contributed by atoms with Crippen LogP contribution in [0, 0.1) is 0 Å². The van der Waals surface area contributed by atoms with Gasteiger partial charge in [0.25, 0.3) is 0 Å². The molecule has 1 fully saturated rings. The highest BCUT2D eigenvalue weighted by Crippen LogP contribution is 2.11. The standard InChI is InChI=1S/C13H22N4O/c1-2-4-14-9-12-10-16-13(11-15-12)17-5-3-7-18-8-6-17/h10-11,14H,2-9H2,1H3. The van der Waals surface area contributed by atoms with Gasteiger partial charge in [-0.05, 0) is 19.4 Å². The van der Waals surface area contributed by atoms with E-state index in [9.17, 15) is 0 Å². The molecule has 1 saturated heterocycles. The number of nitrogens with one attached hydrogen (secondary N) is 1. The van der Waals surface area contributed by atoms with E-state index in [4.69, 9.17) is 4.74 Å². The fraction of sp³-hybridized carbons (Fsp3) is 0.692. The Balaban J connectivity index is 1.89. The van der Waals surface area contributed by atoms with E-state index in [-0.39, 0.29) is 0 Å². The Kier molecular flexibility index (Phi) is 5.36. The van der Waals surface area contributed by atoms with Crippen molar-refractivity contribution < 1.29 is 4.74 Å². The Bertz CT molecular complexity index is 333. The van der Waals surface area contributed by atoms with Crippen molar-refractivity contribution in [3.05, 3.63) is 18.1 Å². The SMILES string of the molecule is CCCNCc1cnc(N2CCCOCC2)cn1. The molecule has 0 unspecified atom stereocenters. The summed E-state index contributed by atoms with van der Waals surface area (Å²) in [6.45, 7) is 7.51. The molecule has 1 aromatic rings. The predicted molar refractivity (Wildman–Crippen MR) is 71.7 cm³/mol. The van der Waals surface area contributed by atoms with E-state index in [1.165, 1.54) is 0 Å². The van der Waals surface area contributed by atoms with Gasteiger partial charge in [0.15, 0.2) is 0 Å². The topological polar surface area (TPSA) is 50.3 Å². The van der Waals surface area contributed by atoms with Crippen molar-refractivity contribution in [2.45, 2.75) is 26.3 Å². The number of nitrogens with zero attached hydrogens (tertiary/aromatic N) is 3. The number of aromatic nitrogens is 2. The van der Waals surface area contributed by atoms with Crippen LogP contribution in [0.3, 0.4) is 0 Å². The molecule has 1 N–H and O–H groups in total. The van der Waals surface area contributed by atoms with Gasteiger partial charge >= 0.3 is 0 Å². The summed E-state index contributed by atoms with van der Waals surface area (Å²) in [5.74, 6) is 0.958. The van der Waals surface area contributed by atoms with Gasteiger partial charge in [-0.1, -0.05) is 6.92 Å². The average molecular weight is 250 g/mol. The monoisotopic (exact) mass is 250 g/mol. The number of anilines is 1. The molecule has 1 aliphatic heterocycles. The summed E-state index contributed by atoms with van der Waals surface area (Å²) in [5, 5.41) is 3.32. The quantitative estimate of drug-likeness (QED) is 0.796. The van der Waals surface area contributed by atoms with E-state index in [0.29, 0.717) is 0 Å². The summed E-state index contributed by atoms with van der Waals surface area (Å²) in [6, 6.07) is 0. The van der Waals surface area contributed by atoms with Crippen molar-refractivity contribution in [3.8, 4) is 0 Å². The minimum atomic E-state index is 0.779. The normalized spacial score (nSPS) is 16.6. The number of ether oxygens (including phenoxy) is 1. The molecule has 0 atom stereocenters. The van der Waals surface area contributed by atoms with Crippen LogP contribution in [-0.2, 0) is 11.3 Å².